The molecule has 0 bridgehead atoms. The molecule has 0 aliphatic carbocycles. The van der Waals surface area contributed by atoms with Crippen LogP contribution in [0.15, 0.2) is 30.3 Å². The summed E-state index contributed by atoms with van der Waals surface area (Å²) in [4.78, 5) is 0. The van der Waals surface area contributed by atoms with Crippen molar-refractivity contribution in [1.29, 1.82) is 0 Å². The van der Waals surface area contributed by atoms with E-state index in [0.717, 1.165) is 5.56 Å². The fourth-order valence-electron chi connectivity index (χ4n) is 3.29. The van der Waals surface area contributed by atoms with E-state index in [-0.39, 0.29) is 18.8 Å². The van der Waals surface area contributed by atoms with E-state index in [9.17, 15) is 16.8 Å². The van der Waals surface area contributed by atoms with Crippen LogP contribution in [-0.2, 0) is 30.5 Å². The first-order chi connectivity index (χ1) is 11.9. The first kappa shape index (κ1) is 18.8. The third-order valence-electron chi connectivity index (χ3n) is 4.74. The molecule has 2 heterocycles. The fraction of sp³-hybridized carbons (Fsp3) is 0.625. The van der Waals surface area contributed by atoms with Crippen LogP contribution in [0.1, 0.15) is 18.4 Å². The second-order valence-electron chi connectivity index (χ2n) is 6.41. The number of ether oxygens (including phenoxy) is 1. The highest BCUT2D eigenvalue weighted by atomic mass is 32.2. The molecular formula is C16H24N2O5S2. The number of morpholine rings is 1. The Kier molecular flexibility index (Phi) is 5.79. The predicted octanol–water partition coefficient (Wildman–Crippen LogP) is 0.643. The molecule has 7 nitrogen and oxygen atoms in total. The van der Waals surface area contributed by atoms with Crippen LogP contribution < -0.4 is 0 Å². The van der Waals surface area contributed by atoms with Gasteiger partial charge in [-0.3, -0.25) is 0 Å². The van der Waals surface area contributed by atoms with E-state index in [1.807, 2.05) is 18.2 Å². The fourth-order valence-corrected chi connectivity index (χ4v) is 6.72. The molecule has 0 unspecified atom stereocenters. The summed E-state index contributed by atoms with van der Waals surface area (Å²) < 4.78 is 58.5. The topological polar surface area (TPSA) is 84.0 Å². The van der Waals surface area contributed by atoms with Gasteiger partial charge in [0.05, 0.1) is 24.2 Å². The smallest absolute Gasteiger partial charge is 0.282 e. The summed E-state index contributed by atoms with van der Waals surface area (Å²) in [6.45, 7) is 2.02. The summed E-state index contributed by atoms with van der Waals surface area (Å²) in [6.07, 6.45) is 0.692. The van der Waals surface area contributed by atoms with Gasteiger partial charge >= 0.3 is 0 Å². The molecule has 140 valence electrons. The number of benzene rings is 1. The van der Waals surface area contributed by atoms with Crippen LogP contribution in [0.4, 0.5) is 0 Å². The SMILES string of the molecule is O=S(=O)(Cc1ccccc1)C1CCN(S(=O)(=O)N2CCOCC2)CC1. The van der Waals surface area contributed by atoms with Crippen molar-refractivity contribution in [2.75, 3.05) is 39.4 Å². The lowest BCUT2D eigenvalue weighted by Crippen LogP contribution is -2.51. The molecule has 1 aromatic carbocycles. The number of hydrogen-bond acceptors (Lipinski definition) is 5. The normalized spacial score (nSPS) is 22.1. The van der Waals surface area contributed by atoms with Gasteiger partial charge in [0.25, 0.3) is 10.2 Å². The molecule has 2 aliphatic rings. The number of rotatable bonds is 5. The Morgan fingerprint density at radius 1 is 0.880 bits per heavy atom. The zero-order valence-electron chi connectivity index (χ0n) is 14.1. The van der Waals surface area contributed by atoms with Gasteiger partial charge in [-0.15, -0.1) is 0 Å². The Labute approximate surface area is 149 Å². The Balaban J connectivity index is 1.61. The minimum absolute atomic E-state index is 0.00865. The molecule has 0 N–H and O–H groups in total. The summed E-state index contributed by atoms with van der Waals surface area (Å²) >= 11 is 0. The lowest BCUT2D eigenvalue weighted by atomic mass is 10.2. The lowest BCUT2D eigenvalue weighted by Gasteiger charge is -2.35. The zero-order chi connectivity index (χ0) is 17.9. The lowest BCUT2D eigenvalue weighted by molar-refractivity contribution is 0.0698. The highest BCUT2D eigenvalue weighted by Gasteiger charge is 2.37. The van der Waals surface area contributed by atoms with E-state index in [2.05, 4.69) is 0 Å². The van der Waals surface area contributed by atoms with Crippen molar-refractivity contribution in [3.05, 3.63) is 35.9 Å². The van der Waals surface area contributed by atoms with Crippen molar-refractivity contribution >= 4 is 20.0 Å². The molecule has 0 saturated carbocycles. The second kappa shape index (κ2) is 7.71. The van der Waals surface area contributed by atoms with Gasteiger partial charge < -0.3 is 4.74 Å². The number of hydrogen-bond donors (Lipinski definition) is 0. The summed E-state index contributed by atoms with van der Waals surface area (Å²) in [5, 5.41) is -0.483. The molecule has 2 saturated heterocycles. The molecule has 0 radical (unpaired) electrons. The summed E-state index contributed by atoms with van der Waals surface area (Å²) in [6, 6.07) is 9.10. The molecule has 0 atom stereocenters. The van der Waals surface area contributed by atoms with Crippen LogP contribution >= 0.6 is 0 Å². The average molecular weight is 389 g/mol. The molecule has 0 spiro atoms. The van der Waals surface area contributed by atoms with Crippen LogP contribution in [0.25, 0.3) is 0 Å². The largest absolute Gasteiger partial charge is 0.379 e. The van der Waals surface area contributed by atoms with Gasteiger partial charge in [0.15, 0.2) is 9.84 Å². The first-order valence-corrected chi connectivity index (χ1v) is 11.6. The maximum Gasteiger partial charge on any atom is 0.282 e. The average Bonchev–Trinajstić information content (AvgIpc) is 2.63. The van der Waals surface area contributed by atoms with Crippen molar-refractivity contribution in [3.63, 3.8) is 0 Å². The third-order valence-corrected chi connectivity index (χ3v) is 9.00. The Morgan fingerprint density at radius 2 is 1.44 bits per heavy atom. The molecule has 2 aliphatic heterocycles. The number of piperidine rings is 1. The summed E-state index contributed by atoms with van der Waals surface area (Å²) in [7, 11) is -6.81. The predicted molar refractivity (Wildman–Crippen MR) is 95.0 cm³/mol. The summed E-state index contributed by atoms with van der Waals surface area (Å²) in [5.74, 6) is 0.00865. The first-order valence-electron chi connectivity index (χ1n) is 8.48. The van der Waals surface area contributed by atoms with Crippen molar-refractivity contribution in [2.24, 2.45) is 0 Å². The molecule has 0 aromatic heterocycles. The van der Waals surface area contributed by atoms with Crippen molar-refractivity contribution in [1.82, 2.24) is 8.61 Å². The van der Waals surface area contributed by atoms with Crippen LogP contribution in [0.3, 0.4) is 0 Å². The van der Waals surface area contributed by atoms with Crippen LogP contribution in [0, 0.1) is 0 Å². The monoisotopic (exact) mass is 388 g/mol. The molecule has 3 rings (SSSR count). The second-order valence-corrected chi connectivity index (χ2v) is 10.6. The Hall–Kier alpha value is -1.00. The molecule has 9 heteroatoms. The Morgan fingerprint density at radius 3 is 2.04 bits per heavy atom. The van der Waals surface area contributed by atoms with Gasteiger partial charge in [0.1, 0.15) is 0 Å². The van der Waals surface area contributed by atoms with Crippen molar-refractivity contribution in [3.8, 4) is 0 Å². The van der Waals surface area contributed by atoms with E-state index < -0.39 is 25.3 Å². The van der Waals surface area contributed by atoms with Gasteiger partial charge in [0, 0.05) is 26.2 Å². The van der Waals surface area contributed by atoms with E-state index in [1.165, 1.54) is 8.61 Å². The number of nitrogens with zero attached hydrogens (tertiary/aromatic N) is 2. The molecule has 0 amide bonds. The third kappa shape index (κ3) is 4.40. The van der Waals surface area contributed by atoms with Crippen LogP contribution in [-0.4, -0.2) is 70.1 Å². The summed E-state index contributed by atoms with van der Waals surface area (Å²) in [5.41, 5.74) is 0.769. The standard InChI is InChI=1S/C16H24N2O5S2/c19-24(20,14-15-4-2-1-3-5-15)16-6-8-17(9-7-16)25(21,22)18-10-12-23-13-11-18/h1-5,16H,6-14H2. The maximum absolute atomic E-state index is 12.6. The number of sulfone groups is 1. The zero-order valence-corrected chi connectivity index (χ0v) is 15.7. The quantitative estimate of drug-likeness (QED) is 0.739. The highest BCUT2D eigenvalue weighted by molar-refractivity contribution is 7.91. The van der Waals surface area contributed by atoms with Gasteiger partial charge in [-0.05, 0) is 18.4 Å². The van der Waals surface area contributed by atoms with Crippen LogP contribution in [0.5, 0.6) is 0 Å². The minimum atomic E-state index is -3.52. The molecular weight excluding hydrogens is 364 g/mol. The van der Waals surface area contributed by atoms with Gasteiger partial charge in [0.2, 0.25) is 0 Å². The molecule has 25 heavy (non-hydrogen) atoms. The minimum Gasteiger partial charge on any atom is -0.379 e. The molecule has 2 fully saturated rings. The van der Waals surface area contributed by atoms with Gasteiger partial charge in [-0.2, -0.15) is 17.0 Å². The van der Waals surface area contributed by atoms with Crippen molar-refractivity contribution < 1.29 is 21.6 Å². The van der Waals surface area contributed by atoms with Gasteiger partial charge in [-0.25, -0.2) is 8.42 Å². The molecule has 1 aromatic rings. The van der Waals surface area contributed by atoms with Crippen LogP contribution in [0.2, 0.25) is 0 Å². The van der Waals surface area contributed by atoms with E-state index >= 15 is 0 Å². The highest BCUT2D eigenvalue weighted by Crippen LogP contribution is 2.24. The van der Waals surface area contributed by atoms with E-state index in [0.29, 0.717) is 39.1 Å². The van der Waals surface area contributed by atoms with Crippen molar-refractivity contribution in [2.45, 2.75) is 23.8 Å². The van der Waals surface area contributed by atoms with E-state index in [4.69, 9.17) is 4.74 Å². The Bertz CT molecular complexity index is 766. The maximum atomic E-state index is 12.6. The van der Waals surface area contributed by atoms with E-state index in [1.54, 1.807) is 12.1 Å². The van der Waals surface area contributed by atoms with Gasteiger partial charge in [-0.1, -0.05) is 30.3 Å².